The maximum absolute atomic E-state index is 12.3. The molecular weight excluding hydrogens is 336 g/mol. The highest BCUT2D eigenvalue weighted by molar-refractivity contribution is 9.10. The van der Waals surface area contributed by atoms with Crippen molar-refractivity contribution in [3.63, 3.8) is 0 Å². The number of amides is 2. The molecule has 21 heavy (non-hydrogen) atoms. The molecule has 1 atom stereocenters. The molecule has 0 bridgehead atoms. The second kappa shape index (κ2) is 6.76. The van der Waals surface area contributed by atoms with Gasteiger partial charge in [-0.05, 0) is 31.0 Å². The molecule has 1 aliphatic rings. The Labute approximate surface area is 131 Å². The van der Waals surface area contributed by atoms with Crippen LogP contribution in [0.25, 0.3) is 0 Å². The van der Waals surface area contributed by atoms with Crippen molar-refractivity contribution in [3.8, 4) is 0 Å². The molecule has 1 unspecified atom stereocenters. The van der Waals surface area contributed by atoms with E-state index in [1.807, 2.05) is 31.2 Å². The summed E-state index contributed by atoms with van der Waals surface area (Å²) in [5, 5.41) is 5.39. The van der Waals surface area contributed by atoms with Crippen molar-refractivity contribution >= 4 is 27.9 Å². The molecule has 5 nitrogen and oxygen atoms in total. The SMILES string of the molecule is CCCOC(=O)C1=C(C)NC(=O)NC1c1cccc(Br)c1. The third kappa shape index (κ3) is 3.64. The van der Waals surface area contributed by atoms with Gasteiger partial charge in [0, 0.05) is 10.2 Å². The van der Waals surface area contributed by atoms with Gasteiger partial charge in [-0.25, -0.2) is 9.59 Å². The molecule has 1 heterocycles. The summed E-state index contributed by atoms with van der Waals surface area (Å²) in [6.07, 6.45) is 0.749. The van der Waals surface area contributed by atoms with Crippen molar-refractivity contribution in [1.82, 2.24) is 10.6 Å². The van der Waals surface area contributed by atoms with E-state index in [9.17, 15) is 9.59 Å². The Balaban J connectivity index is 2.38. The highest BCUT2D eigenvalue weighted by Gasteiger charge is 2.32. The fourth-order valence-corrected chi connectivity index (χ4v) is 2.59. The number of ether oxygens (including phenoxy) is 1. The summed E-state index contributed by atoms with van der Waals surface area (Å²) in [5.74, 6) is -0.410. The van der Waals surface area contributed by atoms with E-state index in [0.717, 1.165) is 16.5 Å². The highest BCUT2D eigenvalue weighted by Crippen LogP contribution is 2.29. The Hall–Kier alpha value is -1.82. The quantitative estimate of drug-likeness (QED) is 0.818. The molecule has 2 rings (SSSR count). The van der Waals surface area contributed by atoms with Gasteiger partial charge >= 0.3 is 12.0 Å². The van der Waals surface area contributed by atoms with Crippen molar-refractivity contribution in [2.75, 3.05) is 6.61 Å². The number of carbonyl (C=O) groups is 2. The van der Waals surface area contributed by atoms with E-state index in [-0.39, 0.29) is 6.03 Å². The molecule has 112 valence electrons. The molecule has 1 aliphatic heterocycles. The fraction of sp³-hybridized carbons (Fsp3) is 0.333. The first-order chi connectivity index (χ1) is 10.0. The molecule has 0 spiro atoms. The zero-order chi connectivity index (χ0) is 15.4. The zero-order valence-corrected chi connectivity index (χ0v) is 13.5. The number of rotatable bonds is 4. The zero-order valence-electron chi connectivity index (χ0n) is 11.9. The molecule has 0 fully saturated rings. The van der Waals surface area contributed by atoms with Gasteiger partial charge in [-0.1, -0.05) is 35.0 Å². The second-order valence-electron chi connectivity index (χ2n) is 4.76. The molecule has 1 aromatic rings. The van der Waals surface area contributed by atoms with Crippen LogP contribution in [0.3, 0.4) is 0 Å². The molecular formula is C15H17BrN2O3. The molecule has 0 aliphatic carbocycles. The summed E-state index contributed by atoms with van der Waals surface area (Å²) in [7, 11) is 0. The summed E-state index contributed by atoms with van der Waals surface area (Å²) < 4.78 is 6.10. The van der Waals surface area contributed by atoms with E-state index in [2.05, 4.69) is 26.6 Å². The van der Waals surface area contributed by atoms with E-state index < -0.39 is 12.0 Å². The molecule has 2 N–H and O–H groups in total. The van der Waals surface area contributed by atoms with Crippen molar-refractivity contribution in [3.05, 3.63) is 45.6 Å². The van der Waals surface area contributed by atoms with Crippen molar-refractivity contribution in [2.45, 2.75) is 26.3 Å². The van der Waals surface area contributed by atoms with Gasteiger partial charge in [0.1, 0.15) is 0 Å². The van der Waals surface area contributed by atoms with Crippen molar-refractivity contribution < 1.29 is 14.3 Å². The summed E-state index contributed by atoms with van der Waals surface area (Å²) in [5.41, 5.74) is 1.77. The number of allylic oxidation sites excluding steroid dienone is 1. The van der Waals surface area contributed by atoms with E-state index in [1.165, 1.54) is 0 Å². The molecule has 0 saturated heterocycles. The Morgan fingerprint density at radius 2 is 2.19 bits per heavy atom. The van der Waals surface area contributed by atoms with Crippen LogP contribution >= 0.6 is 15.9 Å². The van der Waals surface area contributed by atoms with Crippen LogP contribution in [-0.4, -0.2) is 18.6 Å². The lowest BCUT2D eigenvalue weighted by atomic mass is 9.96. The number of hydrogen-bond donors (Lipinski definition) is 2. The van der Waals surface area contributed by atoms with Crippen LogP contribution < -0.4 is 10.6 Å². The van der Waals surface area contributed by atoms with Crippen LogP contribution in [0.1, 0.15) is 31.9 Å². The molecule has 0 aromatic heterocycles. The largest absolute Gasteiger partial charge is 0.462 e. The normalized spacial score (nSPS) is 18.0. The standard InChI is InChI=1S/C15H17BrN2O3/c1-3-7-21-14(19)12-9(2)17-15(20)18-13(12)10-5-4-6-11(16)8-10/h4-6,8,13H,3,7H2,1-2H3,(H2,17,18,20). The van der Waals surface area contributed by atoms with E-state index in [1.54, 1.807) is 6.92 Å². The summed E-state index contributed by atoms with van der Waals surface area (Å²) in [6.45, 7) is 3.99. The van der Waals surface area contributed by atoms with E-state index >= 15 is 0 Å². The summed E-state index contributed by atoms with van der Waals surface area (Å²) >= 11 is 3.40. The van der Waals surface area contributed by atoms with Gasteiger partial charge in [-0.3, -0.25) is 0 Å². The van der Waals surface area contributed by atoms with Crippen LogP contribution in [0.4, 0.5) is 4.79 Å². The first kappa shape index (κ1) is 15.6. The average molecular weight is 353 g/mol. The Morgan fingerprint density at radius 3 is 2.86 bits per heavy atom. The van der Waals surface area contributed by atoms with Crippen LogP contribution in [0.2, 0.25) is 0 Å². The number of halogens is 1. The maximum atomic E-state index is 12.3. The third-order valence-electron chi connectivity index (χ3n) is 3.11. The van der Waals surface area contributed by atoms with E-state index in [4.69, 9.17) is 4.74 Å². The van der Waals surface area contributed by atoms with Crippen LogP contribution in [0.5, 0.6) is 0 Å². The van der Waals surface area contributed by atoms with Gasteiger partial charge in [0.25, 0.3) is 0 Å². The Kier molecular flexibility index (Phi) is 5.01. The van der Waals surface area contributed by atoms with Gasteiger partial charge in [0.2, 0.25) is 0 Å². The number of benzene rings is 1. The third-order valence-corrected chi connectivity index (χ3v) is 3.60. The van der Waals surface area contributed by atoms with Crippen LogP contribution in [0.15, 0.2) is 40.0 Å². The predicted octanol–water partition coefficient (Wildman–Crippen LogP) is 3.03. The average Bonchev–Trinajstić information content (AvgIpc) is 2.44. The lowest BCUT2D eigenvalue weighted by Crippen LogP contribution is -2.45. The minimum atomic E-state index is -0.513. The maximum Gasteiger partial charge on any atom is 0.338 e. The number of esters is 1. The van der Waals surface area contributed by atoms with Crippen molar-refractivity contribution in [1.29, 1.82) is 0 Å². The van der Waals surface area contributed by atoms with Crippen LogP contribution in [-0.2, 0) is 9.53 Å². The smallest absolute Gasteiger partial charge is 0.338 e. The molecule has 0 radical (unpaired) electrons. The monoisotopic (exact) mass is 352 g/mol. The van der Waals surface area contributed by atoms with Crippen LogP contribution in [0, 0.1) is 0 Å². The first-order valence-corrected chi connectivity index (χ1v) is 7.53. The minimum absolute atomic E-state index is 0.329. The van der Waals surface area contributed by atoms with Gasteiger partial charge in [-0.2, -0.15) is 0 Å². The fourth-order valence-electron chi connectivity index (χ4n) is 2.17. The molecule has 0 saturated carbocycles. The summed E-state index contributed by atoms with van der Waals surface area (Å²) in [6, 6.07) is 6.64. The Morgan fingerprint density at radius 1 is 1.43 bits per heavy atom. The number of hydrogen-bond acceptors (Lipinski definition) is 3. The highest BCUT2D eigenvalue weighted by atomic mass is 79.9. The topological polar surface area (TPSA) is 67.4 Å². The second-order valence-corrected chi connectivity index (χ2v) is 5.68. The number of nitrogens with one attached hydrogen (secondary N) is 2. The van der Waals surface area contributed by atoms with E-state index in [0.29, 0.717) is 17.9 Å². The lowest BCUT2D eigenvalue weighted by Gasteiger charge is -2.28. The Bertz CT molecular complexity index is 598. The minimum Gasteiger partial charge on any atom is -0.462 e. The van der Waals surface area contributed by atoms with Gasteiger partial charge in [-0.15, -0.1) is 0 Å². The first-order valence-electron chi connectivity index (χ1n) is 6.73. The van der Waals surface area contributed by atoms with Gasteiger partial charge in [0.05, 0.1) is 18.2 Å². The number of carbonyl (C=O) groups excluding carboxylic acids is 2. The molecule has 1 aromatic carbocycles. The summed E-state index contributed by atoms with van der Waals surface area (Å²) in [4.78, 5) is 24.0. The van der Waals surface area contributed by atoms with Crippen molar-refractivity contribution in [2.24, 2.45) is 0 Å². The molecule has 2 amide bonds. The predicted molar refractivity (Wildman–Crippen MR) is 82.5 cm³/mol. The molecule has 6 heteroatoms. The van der Waals surface area contributed by atoms with Gasteiger partial charge in [0.15, 0.2) is 0 Å². The number of urea groups is 1. The lowest BCUT2D eigenvalue weighted by molar-refractivity contribution is -0.139. The van der Waals surface area contributed by atoms with Gasteiger partial charge < -0.3 is 15.4 Å².